The van der Waals surface area contributed by atoms with Crippen LogP contribution >= 0.6 is 11.6 Å². The van der Waals surface area contributed by atoms with E-state index in [9.17, 15) is 4.79 Å². The number of nitrogens with zero attached hydrogens (tertiary/aromatic N) is 1. The lowest BCUT2D eigenvalue weighted by Crippen LogP contribution is -2.37. The van der Waals surface area contributed by atoms with Gasteiger partial charge in [-0.1, -0.05) is 17.7 Å². The van der Waals surface area contributed by atoms with E-state index in [0.717, 1.165) is 29.4 Å². The van der Waals surface area contributed by atoms with E-state index in [-0.39, 0.29) is 5.91 Å². The Morgan fingerprint density at radius 1 is 1.38 bits per heavy atom. The third kappa shape index (κ3) is 4.90. The summed E-state index contributed by atoms with van der Waals surface area (Å²) in [7, 11) is 0. The predicted octanol–water partition coefficient (Wildman–Crippen LogP) is 2.55. The van der Waals surface area contributed by atoms with E-state index in [1.54, 1.807) is 0 Å². The normalized spacial score (nSPS) is 14.0. The number of hydrogen-bond acceptors (Lipinski definition) is 3. The number of anilines is 1. The Labute approximate surface area is 131 Å². The minimum absolute atomic E-state index is 0.0370. The Hall–Kier alpha value is -1.26. The number of rotatable bonds is 8. The quantitative estimate of drug-likeness (QED) is 0.775. The number of likely N-dealkylation sites (N-methyl/N-ethyl adjacent to an activating group) is 2. The average molecular weight is 310 g/mol. The molecule has 0 aromatic heterocycles. The van der Waals surface area contributed by atoms with Crippen molar-refractivity contribution in [2.45, 2.75) is 39.3 Å². The fraction of sp³-hybridized carbons (Fsp3) is 0.562. The first-order valence-electron chi connectivity index (χ1n) is 7.67. The molecule has 5 heteroatoms. The molecule has 0 aliphatic heterocycles. The van der Waals surface area contributed by atoms with Crippen LogP contribution in [-0.4, -0.2) is 31.6 Å². The minimum atomic E-state index is 0.0370. The van der Waals surface area contributed by atoms with Crippen LogP contribution in [0.1, 0.15) is 32.3 Å². The molecule has 1 aliphatic carbocycles. The predicted molar refractivity (Wildman–Crippen MR) is 87.9 cm³/mol. The van der Waals surface area contributed by atoms with E-state index >= 15 is 0 Å². The zero-order valence-electron chi connectivity index (χ0n) is 12.8. The second-order valence-electron chi connectivity index (χ2n) is 5.40. The fourth-order valence-corrected chi connectivity index (χ4v) is 2.47. The van der Waals surface area contributed by atoms with Gasteiger partial charge in [0.15, 0.2) is 0 Å². The molecule has 0 unspecified atom stereocenters. The summed E-state index contributed by atoms with van der Waals surface area (Å²) >= 11 is 6.36. The summed E-state index contributed by atoms with van der Waals surface area (Å²) in [5, 5.41) is 7.04. The molecule has 1 aromatic carbocycles. The van der Waals surface area contributed by atoms with E-state index < -0.39 is 0 Å². The van der Waals surface area contributed by atoms with Crippen molar-refractivity contribution in [3.05, 3.63) is 28.8 Å². The van der Waals surface area contributed by atoms with Crippen LogP contribution in [0.3, 0.4) is 0 Å². The van der Waals surface area contributed by atoms with Crippen molar-refractivity contribution in [1.29, 1.82) is 0 Å². The maximum absolute atomic E-state index is 11.7. The number of benzene rings is 1. The number of carbonyl (C=O) groups excluding carboxylic acids is 1. The number of carbonyl (C=O) groups is 1. The van der Waals surface area contributed by atoms with Gasteiger partial charge in [0.25, 0.3) is 0 Å². The lowest BCUT2D eigenvalue weighted by Gasteiger charge is -2.23. The first-order valence-corrected chi connectivity index (χ1v) is 8.05. The molecule has 2 rings (SSSR count). The SMILES string of the molecule is CCNC(=O)CN(CC)c1ccc(CNC2CC2)c(Cl)c1. The molecule has 0 bridgehead atoms. The standard InChI is InChI=1S/C16H24ClN3O/c1-3-18-16(21)11-20(4-2)14-8-5-12(15(17)9-14)10-19-13-6-7-13/h5,8-9,13,19H,3-4,6-7,10-11H2,1-2H3,(H,18,21). The molecule has 1 amide bonds. The highest BCUT2D eigenvalue weighted by molar-refractivity contribution is 6.31. The molecule has 2 N–H and O–H groups in total. The largest absolute Gasteiger partial charge is 0.362 e. The van der Waals surface area contributed by atoms with Gasteiger partial charge < -0.3 is 15.5 Å². The molecule has 1 fully saturated rings. The fourth-order valence-electron chi connectivity index (χ4n) is 2.23. The zero-order valence-corrected chi connectivity index (χ0v) is 13.5. The van der Waals surface area contributed by atoms with Crippen molar-refractivity contribution in [1.82, 2.24) is 10.6 Å². The van der Waals surface area contributed by atoms with Gasteiger partial charge in [0.05, 0.1) is 6.54 Å². The molecule has 0 saturated heterocycles. The van der Waals surface area contributed by atoms with Gasteiger partial charge in [0.1, 0.15) is 0 Å². The summed E-state index contributed by atoms with van der Waals surface area (Å²) < 4.78 is 0. The zero-order chi connectivity index (χ0) is 15.2. The van der Waals surface area contributed by atoms with E-state index in [2.05, 4.69) is 10.6 Å². The van der Waals surface area contributed by atoms with Gasteiger partial charge in [-0.3, -0.25) is 4.79 Å². The van der Waals surface area contributed by atoms with Crippen LogP contribution in [-0.2, 0) is 11.3 Å². The van der Waals surface area contributed by atoms with E-state index in [1.165, 1.54) is 12.8 Å². The highest BCUT2D eigenvalue weighted by Crippen LogP contribution is 2.25. The highest BCUT2D eigenvalue weighted by Gasteiger charge is 2.20. The first kappa shape index (κ1) is 16.1. The van der Waals surface area contributed by atoms with Crippen LogP contribution in [0.5, 0.6) is 0 Å². The van der Waals surface area contributed by atoms with Crippen LogP contribution in [0.25, 0.3) is 0 Å². The molecule has 0 heterocycles. The van der Waals surface area contributed by atoms with Gasteiger partial charge in [-0.05, 0) is 44.4 Å². The molecule has 0 spiro atoms. The number of nitrogens with one attached hydrogen (secondary N) is 2. The third-order valence-corrected chi connectivity index (χ3v) is 4.00. The molecule has 1 aliphatic rings. The lowest BCUT2D eigenvalue weighted by molar-refractivity contribution is -0.119. The van der Waals surface area contributed by atoms with E-state index in [0.29, 0.717) is 19.1 Å². The van der Waals surface area contributed by atoms with Gasteiger partial charge >= 0.3 is 0 Å². The molecule has 0 radical (unpaired) electrons. The van der Waals surface area contributed by atoms with Gasteiger partial charge in [-0.2, -0.15) is 0 Å². The van der Waals surface area contributed by atoms with E-state index in [4.69, 9.17) is 11.6 Å². The Balaban J connectivity index is 1.99. The number of hydrogen-bond donors (Lipinski definition) is 2. The van der Waals surface area contributed by atoms with Crippen LogP contribution < -0.4 is 15.5 Å². The van der Waals surface area contributed by atoms with Crippen molar-refractivity contribution >= 4 is 23.2 Å². The molecular formula is C16H24ClN3O. The number of amides is 1. The first-order chi connectivity index (χ1) is 10.1. The van der Waals surface area contributed by atoms with Gasteiger partial charge in [0, 0.05) is 36.4 Å². The Morgan fingerprint density at radius 3 is 2.71 bits per heavy atom. The Kier molecular flexibility index (Phi) is 5.88. The minimum Gasteiger partial charge on any atom is -0.362 e. The maximum Gasteiger partial charge on any atom is 0.239 e. The van der Waals surface area contributed by atoms with Gasteiger partial charge in [-0.15, -0.1) is 0 Å². The van der Waals surface area contributed by atoms with Crippen molar-refractivity contribution in [2.75, 3.05) is 24.5 Å². The van der Waals surface area contributed by atoms with Crippen LogP contribution in [0.15, 0.2) is 18.2 Å². The molecule has 0 atom stereocenters. The third-order valence-electron chi connectivity index (χ3n) is 3.65. The summed E-state index contributed by atoms with van der Waals surface area (Å²) in [6, 6.07) is 6.71. The van der Waals surface area contributed by atoms with Gasteiger partial charge in [-0.25, -0.2) is 0 Å². The molecule has 1 saturated carbocycles. The van der Waals surface area contributed by atoms with Crippen LogP contribution in [0.2, 0.25) is 5.02 Å². The highest BCUT2D eigenvalue weighted by atomic mass is 35.5. The molecule has 4 nitrogen and oxygen atoms in total. The molecule has 116 valence electrons. The maximum atomic E-state index is 11.7. The molecular weight excluding hydrogens is 286 g/mol. The molecule has 21 heavy (non-hydrogen) atoms. The second kappa shape index (κ2) is 7.66. The smallest absolute Gasteiger partial charge is 0.239 e. The molecule has 1 aromatic rings. The summed E-state index contributed by atoms with van der Waals surface area (Å²) in [6.45, 7) is 6.56. The topological polar surface area (TPSA) is 44.4 Å². The summed E-state index contributed by atoms with van der Waals surface area (Å²) in [5.74, 6) is 0.0370. The van der Waals surface area contributed by atoms with Crippen molar-refractivity contribution in [3.8, 4) is 0 Å². The Morgan fingerprint density at radius 2 is 2.14 bits per heavy atom. The van der Waals surface area contributed by atoms with Crippen LogP contribution in [0.4, 0.5) is 5.69 Å². The monoisotopic (exact) mass is 309 g/mol. The van der Waals surface area contributed by atoms with Crippen molar-refractivity contribution < 1.29 is 4.79 Å². The van der Waals surface area contributed by atoms with Crippen molar-refractivity contribution in [2.24, 2.45) is 0 Å². The van der Waals surface area contributed by atoms with E-state index in [1.807, 2.05) is 36.9 Å². The average Bonchev–Trinajstić information content (AvgIpc) is 3.28. The van der Waals surface area contributed by atoms with Crippen LogP contribution in [0, 0.1) is 0 Å². The number of halogens is 1. The second-order valence-corrected chi connectivity index (χ2v) is 5.81. The van der Waals surface area contributed by atoms with Crippen molar-refractivity contribution in [3.63, 3.8) is 0 Å². The Bertz CT molecular complexity index is 488. The summed E-state index contributed by atoms with van der Waals surface area (Å²) in [4.78, 5) is 13.7. The lowest BCUT2D eigenvalue weighted by atomic mass is 10.2. The summed E-state index contributed by atoms with van der Waals surface area (Å²) in [5.41, 5.74) is 2.10. The van der Waals surface area contributed by atoms with Gasteiger partial charge in [0.2, 0.25) is 5.91 Å². The summed E-state index contributed by atoms with van der Waals surface area (Å²) in [6.07, 6.45) is 2.54.